The van der Waals surface area contributed by atoms with E-state index in [0.717, 1.165) is 12.3 Å². The minimum Gasteiger partial charge on any atom is -0.497 e. The molecule has 0 saturated heterocycles. The molecule has 16 heavy (non-hydrogen) atoms. The van der Waals surface area contributed by atoms with Crippen LogP contribution in [0.3, 0.4) is 0 Å². The molecular formula is C13H18N2O. The van der Waals surface area contributed by atoms with E-state index < -0.39 is 0 Å². The summed E-state index contributed by atoms with van der Waals surface area (Å²) in [6.07, 6.45) is 0. The molecule has 0 fully saturated rings. The van der Waals surface area contributed by atoms with Crippen molar-refractivity contribution in [2.24, 2.45) is 5.73 Å². The van der Waals surface area contributed by atoms with Crippen molar-refractivity contribution in [3.8, 4) is 5.75 Å². The third-order valence-electron chi connectivity index (χ3n) is 3.20. The molecule has 0 unspecified atom stereocenters. The zero-order chi connectivity index (χ0) is 11.7. The minimum absolute atomic E-state index is 0.654. The third kappa shape index (κ3) is 1.57. The van der Waals surface area contributed by atoms with Gasteiger partial charge in [0, 0.05) is 30.2 Å². The van der Waals surface area contributed by atoms with Crippen LogP contribution >= 0.6 is 0 Å². The van der Waals surface area contributed by atoms with Crippen molar-refractivity contribution < 1.29 is 4.74 Å². The van der Waals surface area contributed by atoms with Crippen LogP contribution in [0.2, 0.25) is 0 Å². The Morgan fingerprint density at radius 2 is 2.06 bits per heavy atom. The summed E-state index contributed by atoms with van der Waals surface area (Å²) in [7, 11) is 1.69. The van der Waals surface area contributed by atoms with Crippen molar-refractivity contribution >= 4 is 10.9 Å². The van der Waals surface area contributed by atoms with Crippen molar-refractivity contribution in [2.45, 2.75) is 20.4 Å². The quantitative estimate of drug-likeness (QED) is 0.858. The number of aromatic nitrogens is 1. The molecule has 86 valence electrons. The number of aryl methyl sites for hydroxylation is 1. The normalized spacial score (nSPS) is 11.0. The Labute approximate surface area is 95.8 Å². The monoisotopic (exact) mass is 218 g/mol. The number of fused-ring (bicyclic) bond motifs is 1. The fraction of sp³-hybridized carbons (Fsp3) is 0.385. The summed E-state index contributed by atoms with van der Waals surface area (Å²) in [5.74, 6) is 0.892. The van der Waals surface area contributed by atoms with Gasteiger partial charge in [0.1, 0.15) is 5.75 Å². The fourth-order valence-corrected chi connectivity index (χ4v) is 2.17. The standard InChI is InChI=1S/C13H18N2O/c1-9-10(2)15(7-6-14)13-8-11(16-3)4-5-12(9)13/h4-5,8H,6-7,14H2,1-3H3. The number of nitrogens with two attached hydrogens (primary N) is 1. The molecule has 0 aliphatic rings. The van der Waals surface area contributed by atoms with E-state index in [1.165, 1.54) is 22.2 Å². The lowest BCUT2D eigenvalue weighted by molar-refractivity contribution is 0.415. The van der Waals surface area contributed by atoms with Crippen LogP contribution in [0.1, 0.15) is 11.3 Å². The highest BCUT2D eigenvalue weighted by Crippen LogP contribution is 2.28. The molecule has 0 radical (unpaired) electrons. The average Bonchev–Trinajstić information content (AvgIpc) is 2.54. The van der Waals surface area contributed by atoms with E-state index in [1.807, 2.05) is 6.07 Å². The number of rotatable bonds is 3. The maximum Gasteiger partial charge on any atom is 0.120 e. The molecule has 1 heterocycles. The third-order valence-corrected chi connectivity index (χ3v) is 3.20. The van der Waals surface area contributed by atoms with E-state index in [9.17, 15) is 0 Å². The van der Waals surface area contributed by atoms with E-state index in [2.05, 4.69) is 30.5 Å². The maximum atomic E-state index is 5.65. The van der Waals surface area contributed by atoms with Crippen LogP contribution < -0.4 is 10.5 Å². The highest BCUT2D eigenvalue weighted by Gasteiger charge is 2.10. The first kappa shape index (κ1) is 11.0. The second kappa shape index (κ2) is 4.18. The van der Waals surface area contributed by atoms with E-state index in [4.69, 9.17) is 10.5 Å². The number of methoxy groups -OCH3 is 1. The minimum atomic E-state index is 0.654. The molecule has 3 nitrogen and oxygen atoms in total. The summed E-state index contributed by atoms with van der Waals surface area (Å²) in [5.41, 5.74) is 9.47. The molecule has 0 atom stereocenters. The summed E-state index contributed by atoms with van der Waals surface area (Å²) in [4.78, 5) is 0. The predicted molar refractivity (Wildman–Crippen MR) is 67.0 cm³/mol. The molecule has 3 heteroatoms. The van der Waals surface area contributed by atoms with E-state index in [1.54, 1.807) is 7.11 Å². The fourth-order valence-electron chi connectivity index (χ4n) is 2.17. The SMILES string of the molecule is COc1ccc2c(C)c(C)n(CCN)c2c1. The van der Waals surface area contributed by atoms with Gasteiger partial charge in [-0.05, 0) is 31.5 Å². The molecular weight excluding hydrogens is 200 g/mol. The number of hydrogen-bond donors (Lipinski definition) is 1. The lowest BCUT2D eigenvalue weighted by atomic mass is 10.1. The van der Waals surface area contributed by atoms with Crippen molar-refractivity contribution in [1.29, 1.82) is 0 Å². The first-order valence-corrected chi connectivity index (χ1v) is 5.52. The largest absolute Gasteiger partial charge is 0.497 e. The molecule has 1 aromatic carbocycles. The zero-order valence-corrected chi connectivity index (χ0v) is 10.1. The highest BCUT2D eigenvalue weighted by atomic mass is 16.5. The molecule has 0 spiro atoms. The Hall–Kier alpha value is -1.48. The predicted octanol–water partition coefficient (Wildman–Crippen LogP) is 2.23. The van der Waals surface area contributed by atoms with E-state index in [0.29, 0.717) is 6.54 Å². The van der Waals surface area contributed by atoms with Gasteiger partial charge in [-0.3, -0.25) is 0 Å². The average molecular weight is 218 g/mol. The van der Waals surface area contributed by atoms with Crippen LogP contribution in [0, 0.1) is 13.8 Å². The Kier molecular flexibility index (Phi) is 2.88. The molecule has 0 saturated carbocycles. The Morgan fingerprint density at radius 3 is 2.69 bits per heavy atom. The maximum absolute atomic E-state index is 5.65. The summed E-state index contributed by atoms with van der Waals surface area (Å²) >= 11 is 0. The number of ether oxygens (including phenoxy) is 1. The number of hydrogen-bond acceptors (Lipinski definition) is 2. The van der Waals surface area contributed by atoms with E-state index >= 15 is 0 Å². The summed E-state index contributed by atoms with van der Waals surface area (Å²) in [6.45, 7) is 5.79. The number of nitrogens with zero attached hydrogens (tertiary/aromatic N) is 1. The van der Waals surface area contributed by atoms with Crippen molar-refractivity contribution in [2.75, 3.05) is 13.7 Å². The molecule has 2 rings (SSSR count). The van der Waals surface area contributed by atoms with Crippen LogP contribution in [-0.2, 0) is 6.54 Å². The van der Waals surface area contributed by atoms with Gasteiger partial charge in [-0.2, -0.15) is 0 Å². The van der Waals surface area contributed by atoms with Crippen molar-refractivity contribution in [3.63, 3.8) is 0 Å². The van der Waals surface area contributed by atoms with Crippen LogP contribution in [-0.4, -0.2) is 18.2 Å². The Balaban J connectivity index is 2.70. The van der Waals surface area contributed by atoms with Gasteiger partial charge >= 0.3 is 0 Å². The summed E-state index contributed by atoms with van der Waals surface area (Å²) in [6, 6.07) is 6.19. The molecule has 0 amide bonds. The molecule has 2 N–H and O–H groups in total. The van der Waals surface area contributed by atoms with Crippen LogP contribution in [0.15, 0.2) is 18.2 Å². The zero-order valence-electron chi connectivity index (χ0n) is 10.1. The smallest absolute Gasteiger partial charge is 0.120 e. The highest BCUT2D eigenvalue weighted by molar-refractivity contribution is 5.86. The Morgan fingerprint density at radius 1 is 1.31 bits per heavy atom. The number of benzene rings is 1. The first-order valence-electron chi connectivity index (χ1n) is 5.52. The summed E-state index contributed by atoms with van der Waals surface area (Å²) in [5, 5.41) is 1.28. The topological polar surface area (TPSA) is 40.2 Å². The van der Waals surface area contributed by atoms with Gasteiger partial charge < -0.3 is 15.0 Å². The van der Waals surface area contributed by atoms with Gasteiger partial charge in [0.2, 0.25) is 0 Å². The molecule has 2 aromatic rings. The van der Waals surface area contributed by atoms with E-state index in [-0.39, 0.29) is 0 Å². The van der Waals surface area contributed by atoms with Crippen LogP contribution in [0.4, 0.5) is 0 Å². The molecule has 1 aromatic heterocycles. The van der Waals surface area contributed by atoms with Crippen LogP contribution in [0.25, 0.3) is 10.9 Å². The van der Waals surface area contributed by atoms with Crippen molar-refractivity contribution in [3.05, 3.63) is 29.5 Å². The van der Waals surface area contributed by atoms with Gasteiger partial charge in [0.05, 0.1) is 12.6 Å². The first-order chi connectivity index (χ1) is 7.69. The summed E-state index contributed by atoms with van der Waals surface area (Å²) < 4.78 is 7.52. The Bertz CT molecular complexity index is 514. The molecule has 0 aliphatic carbocycles. The lowest BCUT2D eigenvalue weighted by Crippen LogP contribution is -2.10. The van der Waals surface area contributed by atoms with Crippen molar-refractivity contribution in [1.82, 2.24) is 4.57 Å². The molecule has 0 aliphatic heterocycles. The van der Waals surface area contributed by atoms with Gasteiger partial charge in [-0.1, -0.05) is 0 Å². The van der Waals surface area contributed by atoms with Crippen LogP contribution in [0.5, 0.6) is 5.75 Å². The lowest BCUT2D eigenvalue weighted by Gasteiger charge is -2.07. The second-order valence-corrected chi connectivity index (χ2v) is 4.03. The molecule has 0 bridgehead atoms. The van der Waals surface area contributed by atoms with Gasteiger partial charge in [0.15, 0.2) is 0 Å². The second-order valence-electron chi connectivity index (χ2n) is 4.03. The van der Waals surface area contributed by atoms with Gasteiger partial charge in [-0.15, -0.1) is 0 Å². The van der Waals surface area contributed by atoms with Gasteiger partial charge in [0.25, 0.3) is 0 Å². The van der Waals surface area contributed by atoms with Gasteiger partial charge in [-0.25, -0.2) is 0 Å².